The maximum Gasteiger partial charge on any atom is 0.225 e. The number of ether oxygens (including phenoxy) is 2. The summed E-state index contributed by atoms with van der Waals surface area (Å²) in [7, 11) is 1.75. The molecule has 1 aromatic carbocycles. The number of carbonyl (C=O) groups excluding carboxylic acids is 1. The summed E-state index contributed by atoms with van der Waals surface area (Å²) in [4.78, 5) is 16.8. The molecular weight excluding hydrogens is 471 g/mol. The standard InChI is InChI=1S/C20H30N4O3.HI/c1-3-21-19(23-14-20(26-2)8-10-27-11-9-20)22-13-15-12-18(25)24-17-7-5-4-6-16(15)17;/h4-7,15H,3,8-14H2,1-2H3,(H,24,25)(H2,21,22,23);1H. The van der Waals surface area contributed by atoms with Crippen molar-refractivity contribution >= 4 is 41.5 Å². The number of fused-ring (bicyclic) bond motifs is 1. The number of para-hydroxylation sites is 1. The molecule has 1 fully saturated rings. The number of hydrogen-bond acceptors (Lipinski definition) is 4. The lowest BCUT2D eigenvalue weighted by molar-refractivity contribution is -0.116. The fraction of sp³-hybridized carbons (Fsp3) is 0.600. The van der Waals surface area contributed by atoms with Crippen molar-refractivity contribution < 1.29 is 14.3 Å². The van der Waals surface area contributed by atoms with Crippen molar-refractivity contribution in [3.8, 4) is 0 Å². The number of carbonyl (C=O) groups is 1. The van der Waals surface area contributed by atoms with Crippen molar-refractivity contribution in [2.24, 2.45) is 4.99 Å². The molecule has 2 aliphatic rings. The van der Waals surface area contributed by atoms with E-state index in [0.717, 1.165) is 31.0 Å². The van der Waals surface area contributed by atoms with E-state index in [9.17, 15) is 4.79 Å². The molecule has 0 aromatic heterocycles. The highest BCUT2D eigenvalue weighted by Crippen LogP contribution is 2.31. The van der Waals surface area contributed by atoms with Crippen molar-refractivity contribution in [3.05, 3.63) is 29.8 Å². The second kappa shape index (κ2) is 11.0. The van der Waals surface area contributed by atoms with Crippen LogP contribution in [0.3, 0.4) is 0 Å². The third-order valence-electron chi connectivity index (χ3n) is 5.33. The molecule has 0 bridgehead atoms. The summed E-state index contributed by atoms with van der Waals surface area (Å²) in [5.74, 6) is 0.935. The summed E-state index contributed by atoms with van der Waals surface area (Å²) < 4.78 is 11.2. The normalized spacial score (nSPS) is 21.1. The number of nitrogens with zero attached hydrogens (tertiary/aromatic N) is 1. The highest BCUT2D eigenvalue weighted by molar-refractivity contribution is 14.0. The van der Waals surface area contributed by atoms with Crippen LogP contribution in [0.5, 0.6) is 0 Å². The van der Waals surface area contributed by atoms with Gasteiger partial charge in [0.05, 0.1) is 12.1 Å². The molecule has 156 valence electrons. The van der Waals surface area contributed by atoms with Crippen LogP contribution in [0.15, 0.2) is 29.3 Å². The molecular formula is C20H31IN4O3. The van der Waals surface area contributed by atoms with Gasteiger partial charge >= 0.3 is 0 Å². The number of anilines is 1. The fourth-order valence-electron chi connectivity index (χ4n) is 3.64. The molecule has 0 spiro atoms. The molecule has 1 aromatic rings. The molecule has 0 aliphatic carbocycles. The van der Waals surface area contributed by atoms with Gasteiger partial charge in [-0.1, -0.05) is 18.2 Å². The number of nitrogens with one attached hydrogen (secondary N) is 3. The van der Waals surface area contributed by atoms with Crippen LogP contribution in [0.2, 0.25) is 0 Å². The molecule has 28 heavy (non-hydrogen) atoms. The van der Waals surface area contributed by atoms with Crippen molar-refractivity contribution in [1.29, 1.82) is 0 Å². The highest BCUT2D eigenvalue weighted by atomic mass is 127. The van der Waals surface area contributed by atoms with E-state index in [2.05, 4.69) is 22.0 Å². The van der Waals surface area contributed by atoms with Crippen LogP contribution in [0.25, 0.3) is 0 Å². The van der Waals surface area contributed by atoms with Gasteiger partial charge in [0.15, 0.2) is 5.96 Å². The minimum atomic E-state index is -0.252. The molecule has 7 nitrogen and oxygen atoms in total. The Bertz CT molecular complexity index is 677. The molecule has 1 amide bonds. The average Bonchev–Trinajstić information content (AvgIpc) is 2.70. The second-order valence-corrected chi connectivity index (χ2v) is 7.11. The van der Waals surface area contributed by atoms with Gasteiger partial charge in [0.2, 0.25) is 5.91 Å². The molecule has 3 N–H and O–H groups in total. The number of rotatable bonds is 6. The van der Waals surface area contributed by atoms with Gasteiger partial charge in [0.1, 0.15) is 0 Å². The molecule has 0 radical (unpaired) electrons. The first kappa shape index (κ1) is 22.9. The van der Waals surface area contributed by atoms with E-state index in [1.54, 1.807) is 7.11 Å². The van der Waals surface area contributed by atoms with Crippen molar-refractivity contribution in [3.63, 3.8) is 0 Å². The Labute approximate surface area is 184 Å². The van der Waals surface area contributed by atoms with E-state index < -0.39 is 0 Å². The number of benzene rings is 1. The van der Waals surface area contributed by atoms with Crippen molar-refractivity contribution in [2.45, 2.75) is 37.7 Å². The predicted octanol–water partition coefficient (Wildman–Crippen LogP) is 2.48. The summed E-state index contributed by atoms with van der Waals surface area (Å²) in [5.41, 5.74) is 1.82. The third kappa shape index (κ3) is 5.81. The number of amides is 1. The first-order chi connectivity index (χ1) is 13.2. The van der Waals surface area contributed by atoms with E-state index >= 15 is 0 Å². The maximum absolute atomic E-state index is 12.0. The lowest BCUT2D eigenvalue weighted by Crippen LogP contribution is -2.44. The zero-order valence-electron chi connectivity index (χ0n) is 16.6. The minimum Gasteiger partial charge on any atom is -0.381 e. The first-order valence-electron chi connectivity index (χ1n) is 9.69. The zero-order chi connectivity index (χ0) is 19.1. The van der Waals surface area contributed by atoms with Gasteiger partial charge in [0.25, 0.3) is 0 Å². The Morgan fingerprint density at radius 3 is 2.79 bits per heavy atom. The Balaban J connectivity index is 0.00000280. The molecule has 0 saturated carbocycles. The number of hydrogen-bond donors (Lipinski definition) is 3. The van der Waals surface area contributed by atoms with Crippen molar-refractivity contribution in [1.82, 2.24) is 10.6 Å². The van der Waals surface area contributed by atoms with Crippen LogP contribution in [0, 0.1) is 0 Å². The summed E-state index contributed by atoms with van der Waals surface area (Å²) in [6.45, 7) is 5.48. The van der Waals surface area contributed by atoms with E-state index in [1.807, 2.05) is 25.1 Å². The second-order valence-electron chi connectivity index (χ2n) is 7.11. The zero-order valence-corrected chi connectivity index (χ0v) is 19.0. The van der Waals surface area contributed by atoms with E-state index in [1.165, 1.54) is 5.56 Å². The van der Waals surface area contributed by atoms with Crippen molar-refractivity contribution in [2.75, 3.05) is 45.3 Å². The summed E-state index contributed by atoms with van der Waals surface area (Å²) in [6, 6.07) is 7.98. The Morgan fingerprint density at radius 2 is 2.07 bits per heavy atom. The molecule has 2 heterocycles. The monoisotopic (exact) mass is 502 g/mol. The molecule has 1 atom stereocenters. The maximum atomic E-state index is 12.0. The SMILES string of the molecule is CCNC(=NCC1(OC)CCOCC1)NCC1CC(=O)Nc2ccccc21.I. The van der Waals surface area contributed by atoms with Crippen LogP contribution in [0.4, 0.5) is 5.69 Å². The topological polar surface area (TPSA) is 84.0 Å². The smallest absolute Gasteiger partial charge is 0.225 e. The summed E-state index contributed by atoms with van der Waals surface area (Å²) >= 11 is 0. The van der Waals surface area contributed by atoms with E-state index in [-0.39, 0.29) is 41.4 Å². The summed E-state index contributed by atoms with van der Waals surface area (Å²) in [6.07, 6.45) is 2.17. The van der Waals surface area contributed by atoms with Gasteiger partial charge in [-0.2, -0.15) is 0 Å². The van der Waals surface area contributed by atoms with Gasteiger partial charge in [-0.05, 0) is 18.6 Å². The van der Waals surface area contributed by atoms with E-state index in [4.69, 9.17) is 14.5 Å². The molecule has 8 heteroatoms. The van der Waals surface area contributed by atoms with Gasteiger partial charge in [-0.3, -0.25) is 9.79 Å². The van der Waals surface area contributed by atoms with Gasteiger partial charge in [-0.25, -0.2) is 0 Å². The first-order valence-corrected chi connectivity index (χ1v) is 9.69. The van der Waals surface area contributed by atoms with Crippen LogP contribution < -0.4 is 16.0 Å². The van der Waals surface area contributed by atoms with E-state index in [0.29, 0.717) is 32.7 Å². The quantitative estimate of drug-likeness (QED) is 0.316. The molecule has 3 rings (SSSR count). The fourth-order valence-corrected chi connectivity index (χ4v) is 3.64. The molecule has 2 aliphatic heterocycles. The number of halogens is 1. The Morgan fingerprint density at radius 1 is 1.32 bits per heavy atom. The molecule has 1 unspecified atom stereocenters. The van der Waals surface area contributed by atoms with Crippen LogP contribution in [-0.2, 0) is 14.3 Å². The van der Waals surface area contributed by atoms with Crippen LogP contribution in [-0.4, -0.2) is 57.4 Å². The lowest BCUT2D eigenvalue weighted by Gasteiger charge is -2.34. The van der Waals surface area contributed by atoms with Crippen LogP contribution in [0.1, 0.15) is 37.7 Å². The number of methoxy groups -OCH3 is 1. The highest BCUT2D eigenvalue weighted by Gasteiger charge is 2.32. The average molecular weight is 502 g/mol. The Hall–Kier alpha value is -1.39. The van der Waals surface area contributed by atoms with Gasteiger partial charge in [0, 0.05) is 64.3 Å². The largest absolute Gasteiger partial charge is 0.381 e. The summed E-state index contributed by atoms with van der Waals surface area (Å²) in [5, 5.41) is 9.64. The van der Waals surface area contributed by atoms with Gasteiger partial charge < -0.3 is 25.4 Å². The third-order valence-corrected chi connectivity index (χ3v) is 5.33. The Kier molecular flexibility index (Phi) is 8.97. The molecule has 1 saturated heterocycles. The minimum absolute atomic E-state index is 0. The van der Waals surface area contributed by atoms with Gasteiger partial charge in [-0.15, -0.1) is 24.0 Å². The van der Waals surface area contributed by atoms with Crippen LogP contribution >= 0.6 is 24.0 Å². The lowest BCUT2D eigenvalue weighted by atomic mass is 9.90. The number of aliphatic imine (C=N–C) groups is 1. The predicted molar refractivity (Wildman–Crippen MR) is 122 cm³/mol. The number of guanidine groups is 1.